The summed E-state index contributed by atoms with van der Waals surface area (Å²) in [5.74, 6) is -0.239. The second kappa shape index (κ2) is 9.62. The summed E-state index contributed by atoms with van der Waals surface area (Å²) in [6.07, 6.45) is 3.88. The highest BCUT2D eigenvalue weighted by Gasteiger charge is 2.27. The zero-order chi connectivity index (χ0) is 24.3. The van der Waals surface area contributed by atoms with Crippen molar-refractivity contribution in [1.29, 1.82) is 0 Å². The maximum absolute atomic E-state index is 14.6. The fourth-order valence-electron chi connectivity index (χ4n) is 3.80. The Hall–Kier alpha value is -3.75. The predicted molar refractivity (Wildman–Crippen MR) is 127 cm³/mol. The van der Waals surface area contributed by atoms with Gasteiger partial charge in [-0.25, -0.2) is 19.2 Å². The molecular formula is C25H28FN5O3. The lowest BCUT2D eigenvalue weighted by molar-refractivity contribution is 0.0210. The van der Waals surface area contributed by atoms with Crippen molar-refractivity contribution in [1.82, 2.24) is 19.4 Å². The minimum atomic E-state index is -0.553. The number of benzene rings is 1. The van der Waals surface area contributed by atoms with Crippen LogP contribution in [0.25, 0.3) is 16.9 Å². The van der Waals surface area contributed by atoms with Gasteiger partial charge in [-0.05, 0) is 51.8 Å². The molecule has 0 aliphatic carbocycles. The smallest absolute Gasteiger partial charge is 0.410 e. The Morgan fingerprint density at radius 2 is 1.91 bits per heavy atom. The number of ether oxygens (including phenoxy) is 1. The van der Waals surface area contributed by atoms with Crippen molar-refractivity contribution in [2.75, 3.05) is 18.4 Å². The normalized spacial score (nSPS) is 14.6. The van der Waals surface area contributed by atoms with Gasteiger partial charge in [0.05, 0.1) is 6.20 Å². The lowest BCUT2D eigenvalue weighted by Crippen LogP contribution is -2.44. The number of hydrogen-bond donors (Lipinski definition) is 1. The van der Waals surface area contributed by atoms with Gasteiger partial charge in [-0.1, -0.05) is 18.2 Å². The number of carbonyl (C=O) groups excluding carboxylic acids is 1. The van der Waals surface area contributed by atoms with Gasteiger partial charge in [-0.15, -0.1) is 0 Å². The van der Waals surface area contributed by atoms with Crippen LogP contribution < -0.4 is 10.9 Å². The zero-order valence-corrected chi connectivity index (χ0v) is 19.5. The number of rotatable bonds is 4. The van der Waals surface area contributed by atoms with Crippen LogP contribution in [0.3, 0.4) is 0 Å². The molecule has 0 bridgehead atoms. The van der Waals surface area contributed by atoms with Crippen molar-refractivity contribution in [3.8, 4) is 16.9 Å². The van der Waals surface area contributed by atoms with Crippen LogP contribution in [0.4, 0.5) is 15.1 Å². The summed E-state index contributed by atoms with van der Waals surface area (Å²) >= 11 is 0. The fraction of sp³-hybridized carbons (Fsp3) is 0.360. The molecule has 9 heteroatoms. The molecule has 1 saturated heterocycles. The third-order valence-electron chi connectivity index (χ3n) is 5.44. The Morgan fingerprint density at radius 1 is 1.15 bits per heavy atom. The van der Waals surface area contributed by atoms with Crippen LogP contribution in [0.2, 0.25) is 0 Å². The van der Waals surface area contributed by atoms with Gasteiger partial charge < -0.3 is 15.0 Å². The minimum Gasteiger partial charge on any atom is -0.444 e. The van der Waals surface area contributed by atoms with Crippen LogP contribution in [0, 0.1) is 5.82 Å². The van der Waals surface area contributed by atoms with Crippen molar-refractivity contribution < 1.29 is 13.9 Å². The Balaban J connectivity index is 1.47. The summed E-state index contributed by atoms with van der Waals surface area (Å²) in [7, 11) is 0. The molecule has 1 fully saturated rings. The highest BCUT2D eigenvalue weighted by Crippen LogP contribution is 2.24. The van der Waals surface area contributed by atoms with Crippen LogP contribution >= 0.6 is 0 Å². The van der Waals surface area contributed by atoms with Gasteiger partial charge in [0.15, 0.2) is 5.82 Å². The summed E-state index contributed by atoms with van der Waals surface area (Å²) in [6, 6.07) is 11.9. The molecule has 3 aromatic rings. The van der Waals surface area contributed by atoms with Gasteiger partial charge in [0, 0.05) is 42.6 Å². The number of halogens is 1. The molecule has 1 aliphatic heterocycles. The van der Waals surface area contributed by atoms with Crippen molar-refractivity contribution in [2.45, 2.75) is 45.3 Å². The summed E-state index contributed by atoms with van der Waals surface area (Å²) < 4.78 is 21.6. The molecule has 1 aliphatic rings. The van der Waals surface area contributed by atoms with Gasteiger partial charge in [0.2, 0.25) is 5.95 Å². The Kier molecular flexibility index (Phi) is 6.63. The number of carbonyl (C=O) groups is 1. The van der Waals surface area contributed by atoms with E-state index in [1.54, 1.807) is 47.5 Å². The van der Waals surface area contributed by atoms with E-state index in [4.69, 9.17) is 4.74 Å². The van der Waals surface area contributed by atoms with Gasteiger partial charge in [0.1, 0.15) is 11.3 Å². The summed E-state index contributed by atoms with van der Waals surface area (Å²) in [4.78, 5) is 34.6. The molecule has 0 saturated carbocycles. The van der Waals surface area contributed by atoms with Crippen LogP contribution in [0.15, 0.2) is 59.7 Å². The first-order valence-electron chi connectivity index (χ1n) is 11.2. The maximum atomic E-state index is 14.6. The molecular weight excluding hydrogens is 437 g/mol. The summed E-state index contributed by atoms with van der Waals surface area (Å²) in [5.41, 5.74) is 0.592. The molecule has 1 amide bonds. The molecule has 0 spiro atoms. The number of hydrogen-bond acceptors (Lipinski definition) is 6. The topological polar surface area (TPSA) is 89.4 Å². The number of amides is 1. The van der Waals surface area contributed by atoms with Gasteiger partial charge in [-0.3, -0.25) is 9.36 Å². The van der Waals surface area contributed by atoms with Crippen LogP contribution in [-0.4, -0.2) is 50.3 Å². The third kappa shape index (κ3) is 5.59. The molecule has 4 rings (SSSR count). The maximum Gasteiger partial charge on any atom is 0.410 e. The van der Waals surface area contributed by atoms with E-state index in [2.05, 4.69) is 15.3 Å². The van der Waals surface area contributed by atoms with E-state index >= 15 is 0 Å². The average molecular weight is 466 g/mol. The average Bonchev–Trinajstić information content (AvgIpc) is 2.80. The molecule has 1 N–H and O–H groups in total. The third-order valence-corrected chi connectivity index (χ3v) is 5.44. The Labute approximate surface area is 197 Å². The Morgan fingerprint density at radius 3 is 2.62 bits per heavy atom. The first-order valence-corrected chi connectivity index (χ1v) is 11.2. The van der Waals surface area contributed by atoms with Gasteiger partial charge in [-0.2, -0.15) is 0 Å². The van der Waals surface area contributed by atoms with E-state index in [0.717, 1.165) is 6.20 Å². The highest BCUT2D eigenvalue weighted by atomic mass is 19.1. The number of pyridine rings is 1. The number of aromatic nitrogens is 3. The van der Waals surface area contributed by atoms with E-state index < -0.39 is 11.4 Å². The second-order valence-electron chi connectivity index (χ2n) is 9.24. The zero-order valence-electron chi connectivity index (χ0n) is 19.5. The predicted octanol–water partition coefficient (Wildman–Crippen LogP) is 4.25. The molecule has 34 heavy (non-hydrogen) atoms. The van der Waals surface area contributed by atoms with Crippen molar-refractivity contribution in [3.05, 3.63) is 71.0 Å². The monoisotopic (exact) mass is 465 g/mol. The molecule has 0 unspecified atom stereocenters. The first kappa shape index (κ1) is 23.4. The quantitative estimate of drug-likeness (QED) is 0.620. The summed E-state index contributed by atoms with van der Waals surface area (Å²) in [6.45, 7) is 6.63. The number of nitrogens with one attached hydrogen (secondary N) is 1. The number of likely N-dealkylation sites (tertiary alicyclic amines) is 1. The van der Waals surface area contributed by atoms with Crippen molar-refractivity contribution >= 4 is 12.0 Å². The number of anilines is 1. The molecule has 2 aromatic heterocycles. The van der Waals surface area contributed by atoms with Gasteiger partial charge >= 0.3 is 6.09 Å². The molecule has 0 atom stereocenters. The molecule has 3 heterocycles. The second-order valence-corrected chi connectivity index (χ2v) is 9.24. The van der Waals surface area contributed by atoms with Crippen LogP contribution in [0.1, 0.15) is 33.6 Å². The number of piperidine rings is 1. The summed E-state index contributed by atoms with van der Waals surface area (Å²) in [5, 5.41) is 3.26. The molecule has 178 valence electrons. The lowest BCUT2D eigenvalue weighted by atomic mass is 10.1. The SMILES string of the molecule is CC(C)(C)OC(=O)N1CCC(Nc2ncc(F)c(-c3cccc(-n4ccccc4=O)c3)n2)CC1. The molecule has 1 aromatic carbocycles. The fourth-order valence-corrected chi connectivity index (χ4v) is 3.80. The lowest BCUT2D eigenvalue weighted by Gasteiger charge is -2.33. The number of nitrogens with zero attached hydrogens (tertiary/aromatic N) is 4. The standard InChI is InChI=1S/C25H28FN5O3/c1-25(2,3)34-24(33)30-13-10-18(11-14-30)28-23-27-16-20(26)22(29-23)17-7-6-8-19(15-17)31-12-5-4-9-21(31)32/h4-9,12,15-16,18H,10-11,13-14H2,1-3H3,(H,27,28,29). The van der Waals surface area contributed by atoms with E-state index in [-0.39, 0.29) is 23.4 Å². The first-order chi connectivity index (χ1) is 16.2. The minimum absolute atomic E-state index is 0.0474. The molecule has 8 nitrogen and oxygen atoms in total. The van der Waals surface area contributed by atoms with Crippen molar-refractivity contribution in [3.63, 3.8) is 0 Å². The largest absolute Gasteiger partial charge is 0.444 e. The van der Waals surface area contributed by atoms with E-state index in [0.29, 0.717) is 43.1 Å². The molecule has 0 radical (unpaired) electrons. The highest BCUT2D eigenvalue weighted by molar-refractivity contribution is 5.68. The van der Waals surface area contributed by atoms with Crippen molar-refractivity contribution in [2.24, 2.45) is 0 Å². The van der Waals surface area contributed by atoms with E-state index in [9.17, 15) is 14.0 Å². The van der Waals surface area contributed by atoms with E-state index in [1.165, 1.54) is 10.6 Å². The van der Waals surface area contributed by atoms with Gasteiger partial charge in [0.25, 0.3) is 5.56 Å². The van der Waals surface area contributed by atoms with Crippen LogP contribution in [-0.2, 0) is 4.74 Å². The van der Waals surface area contributed by atoms with Crippen LogP contribution in [0.5, 0.6) is 0 Å². The Bertz CT molecular complexity index is 1230. The van der Waals surface area contributed by atoms with E-state index in [1.807, 2.05) is 20.8 Å².